The van der Waals surface area contributed by atoms with E-state index in [4.69, 9.17) is 11.6 Å². The summed E-state index contributed by atoms with van der Waals surface area (Å²) in [5, 5.41) is 21.9. The molecule has 0 aliphatic heterocycles. The Morgan fingerprint density at radius 2 is 1.35 bits per heavy atom. The maximum atomic E-state index is 12.7. The van der Waals surface area contributed by atoms with Crippen LogP contribution in [0.15, 0.2) is 72.8 Å². The number of amides is 1. The van der Waals surface area contributed by atoms with Crippen molar-refractivity contribution in [2.45, 2.75) is 12.8 Å². The molecular formula is C26H22ClNO6. The molecule has 0 saturated heterocycles. The molecule has 3 aromatic carbocycles. The van der Waals surface area contributed by atoms with Crippen LogP contribution in [0.25, 0.3) is 11.1 Å². The van der Waals surface area contributed by atoms with Gasteiger partial charge in [0, 0.05) is 23.6 Å². The zero-order valence-electron chi connectivity index (χ0n) is 18.0. The molecule has 8 heteroatoms. The van der Waals surface area contributed by atoms with Gasteiger partial charge in [-0.25, -0.2) is 4.79 Å². The van der Waals surface area contributed by atoms with Crippen molar-refractivity contribution in [3.05, 3.63) is 94.5 Å². The lowest BCUT2D eigenvalue weighted by Gasteiger charge is -2.13. The lowest BCUT2D eigenvalue weighted by atomic mass is 9.94. The maximum absolute atomic E-state index is 12.7. The fraction of sp³-hybridized carbons (Fsp3) is 0.154. The minimum atomic E-state index is -1.23. The summed E-state index contributed by atoms with van der Waals surface area (Å²) in [6.07, 6.45) is -0.206. The average molecular weight is 480 g/mol. The minimum Gasteiger partial charge on any atom is -0.481 e. The Morgan fingerprint density at radius 1 is 0.794 bits per heavy atom. The normalized spacial score (nSPS) is 11.4. The monoisotopic (exact) mass is 479 g/mol. The molecule has 3 N–H and O–H groups in total. The van der Waals surface area contributed by atoms with E-state index in [1.54, 1.807) is 36.4 Å². The molecule has 1 amide bonds. The first-order chi connectivity index (χ1) is 16.3. The van der Waals surface area contributed by atoms with E-state index in [0.717, 1.165) is 11.1 Å². The first kappa shape index (κ1) is 24.7. The highest BCUT2D eigenvalue weighted by Gasteiger charge is 2.23. The lowest BCUT2D eigenvalue weighted by molar-refractivity contribution is -0.141. The summed E-state index contributed by atoms with van der Waals surface area (Å²) < 4.78 is 0. The van der Waals surface area contributed by atoms with Gasteiger partial charge in [-0.1, -0.05) is 60.1 Å². The van der Waals surface area contributed by atoms with Gasteiger partial charge in [-0.05, 0) is 41.8 Å². The summed E-state index contributed by atoms with van der Waals surface area (Å²) in [7, 11) is 0. The van der Waals surface area contributed by atoms with Crippen LogP contribution in [0.3, 0.4) is 0 Å². The van der Waals surface area contributed by atoms with Gasteiger partial charge in [0.05, 0.1) is 17.0 Å². The van der Waals surface area contributed by atoms with Crippen LogP contribution in [0.4, 0.5) is 0 Å². The van der Waals surface area contributed by atoms with Crippen LogP contribution in [-0.4, -0.2) is 40.4 Å². The van der Waals surface area contributed by atoms with Crippen molar-refractivity contribution in [2.24, 2.45) is 5.92 Å². The number of rotatable bonds is 10. The average Bonchev–Trinajstić information content (AvgIpc) is 2.83. The predicted molar refractivity (Wildman–Crippen MR) is 127 cm³/mol. The van der Waals surface area contributed by atoms with Crippen LogP contribution in [0.5, 0.6) is 0 Å². The molecule has 0 aliphatic rings. The number of benzene rings is 3. The molecule has 1 atom stereocenters. The Bertz CT molecular complexity index is 1200. The van der Waals surface area contributed by atoms with Gasteiger partial charge in [-0.3, -0.25) is 14.4 Å². The molecule has 1 unspecified atom stereocenters. The largest absolute Gasteiger partial charge is 0.481 e. The van der Waals surface area contributed by atoms with Gasteiger partial charge in [0.1, 0.15) is 0 Å². The van der Waals surface area contributed by atoms with Crippen molar-refractivity contribution in [1.29, 1.82) is 0 Å². The third-order valence-electron chi connectivity index (χ3n) is 5.35. The highest BCUT2D eigenvalue weighted by atomic mass is 35.5. The van der Waals surface area contributed by atoms with Crippen molar-refractivity contribution in [3.8, 4) is 11.1 Å². The zero-order chi connectivity index (χ0) is 24.7. The Labute approximate surface area is 201 Å². The highest BCUT2D eigenvalue weighted by molar-refractivity contribution is 6.30. The molecular weight excluding hydrogens is 458 g/mol. The van der Waals surface area contributed by atoms with Crippen molar-refractivity contribution < 1.29 is 29.4 Å². The fourth-order valence-electron chi connectivity index (χ4n) is 3.47. The van der Waals surface area contributed by atoms with Gasteiger partial charge in [0.15, 0.2) is 5.78 Å². The number of ketones is 1. The van der Waals surface area contributed by atoms with Crippen molar-refractivity contribution in [1.82, 2.24) is 5.32 Å². The number of carboxylic acids is 2. The van der Waals surface area contributed by atoms with Crippen molar-refractivity contribution in [3.63, 3.8) is 0 Å². The SMILES string of the molecule is O=C(CC(CCNC(=O)c1ccccc1C(=O)O)C(=O)O)c1ccc(-c2ccc(Cl)cc2)cc1. The quantitative estimate of drug-likeness (QED) is 0.359. The summed E-state index contributed by atoms with van der Waals surface area (Å²) in [5.41, 5.74) is 2.06. The first-order valence-electron chi connectivity index (χ1n) is 10.5. The molecule has 7 nitrogen and oxygen atoms in total. The number of carbonyl (C=O) groups excluding carboxylic acids is 2. The van der Waals surface area contributed by atoms with Crippen LogP contribution in [0.2, 0.25) is 5.02 Å². The van der Waals surface area contributed by atoms with Crippen LogP contribution in [0, 0.1) is 5.92 Å². The van der Waals surface area contributed by atoms with Crippen LogP contribution < -0.4 is 5.32 Å². The number of halogens is 1. The number of Topliss-reactive ketones (excluding diaryl/α,β-unsaturated/α-hetero) is 1. The number of nitrogens with one attached hydrogen (secondary N) is 1. The van der Waals surface area contributed by atoms with Gasteiger partial charge in [-0.2, -0.15) is 0 Å². The summed E-state index contributed by atoms with van der Waals surface area (Å²) >= 11 is 5.90. The van der Waals surface area contributed by atoms with E-state index in [-0.39, 0.29) is 36.3 Å². The predicted octanol–water partition coefficient (Wildman–Crippen LogP) is 4.80. The van der Waals surface area contributed by atoms with Crippen molar-refractivity contribution >= 4 is 35.2 Å². The summed E-state index contributed by atoms with van der Waals surface area (Å²) in [6.45, 7) is -0.0213. The molecule has 0 bridgehead atoms. The number of aromatic carboxylic acids is 1. The number of carbonyl (C=O) groups is 4. The number of hydrogen-bond donors (Lipinski definition) is 3. The fourth-order valence-corrected chi connectivity index (χ4v) is 3.59. The molecule has 0 aromatic heterocycles. The van der Waals surface area contributed by atoms with Gasteiger partial charge < -0.3 is 15.5 Å². The van der Waals surface area contributed by atoms with Gasteiger partial charge in [-0.15, -0.1) is 0 Å². The standard InChI is InChI=1S/C26H22ClNO6/c27-20-11-9-17(10-12-20)16-5-7-18(8-6-16)23(29)15-19(25(31)32)13-14-28-24(30)21-3-1-2-4-22(21)26(33)34/h1-12,19H,13-15H2,(H,28,30)(H,31,32)(H,33,34). The van der Waals surface area contributed by atoms with Gasteiger partial charge in [0.2, 0.25) is 0 Å². The number of carboxylic acid groups (broad SMARTS) is 2. The lowest BCUT2D eigenvalue weighted by Crippen LogP contribution is -2.29. The molecule has 0 spiro atoms. The Hall–Kier alpha value is -3.97. The van der Waals surface area contributed by atoms with E-state index in [1.807, 2.05) is 12.1 Å². The maximum Gasteiger partial charge on any atom is 0.336 e. The smallest absolute Gasteiger partial charge is 0.336 e. The van der Waals surface area contributed by atoms with Crippen LogP contribution in [-0.2, 0) is 4.79 Å². The molecule has 0 radical (unpaired) electrons. The van der Waals surface area contributed by atoms with E-state index in [1.165, 1.54) is 24.3 Å². The van der Waals surface area contributed by atoms with E-state index in [0.29, 0.717) is 10.6 Å². The Morgan fingerprint density at radius 3 is 1.91 bits per heavy atom. The molecule has 0 aliphatic carbocycles. The molecule has 34 heavy (non-hydrogen) atoms. The molecule has 0 fully saturated rings. The topological polar surface area (TPSA) is 121 Å². The van der Waals surface area contributed by atoms with E-state index >= 15 is 0 Å². The van der Waals surface area contributed by atoms with Crippen LogP contribution in [0.1, 0.15) is 43.9 Å². The molecule has 3 aromatic rings. The minimum absolute atomic E-state index is 0.0151. The second-order valence-electron chi connectivity index (χ2n) is 7.64. The first-order valence-corrected chi connectivity index (χ1v) is 10.9. The summed E-state index contributed by atoms with van der Waals surface area (Å²) in [4.78, 5) is 47.9. The second-order valence-corrected chi connectivity index (χ2v) is 8.08. The molecule has 0 heterocycles. The number of aliphatic carboxylic acids is 1. The highest BCUT2D eigenvalue weighted by Crippen LogP contribution is 2.23. The van der Waals surface area contributed by atoms with Crippen molar-refractivity contribution in [2.75, 3.05) is 6.54 Å². The van der Waals surface area contributed by atoms with E-state index in [2.05, 4.69) is 5.32 Å². The third kappa shape index (κ3) is 6.30. The second kappa shape index (κ2) is 11.2. The summed E-state index contributed by atoms with van der Waals surface area (Å²) in [5.74, 6) is -4.32. The molecule has 3 rings (SSSR count). The third-order valence-corrected chi connectivity index (χ3v) is 5.60. The molecule has 0 saturated carbocycles. The Kier molecular flexibility index (Phi) is 8.16. The van der Waals surface area contributed by atoms with Crippen LogP contribution >= 0.6 is 11.6 Å². The molecule has 174 valence electrons. The number of hydrogen-bond acceptors (Lipinski definition) is 4. The van der Waals surface area contributed by atoms with E-state index < -0.39 is 23.8 Å². The van der Waals surface area contributed by atoms with E-state index in [9.17, 15) is 29.4 Å². The zero-order valence-corrected chi connectivity index (χ0v) is 18.8. The Balaban J connectivity index is 1.59. The van der Waals surface area contributed by atoms with Gasteiger partial charge >= 0.3 is 11.9 Å². The summed E-state index contributed by atoms with van der Waals surface area (Å²) in [6, 6.07) is 19.9. The van der Waals surface area contributed by atoms with Gasteiger partial charge in [0.25, 0.3) is 5.91 Å².